The first kappa shape index (κ1) is 16.0. The Bertz CT molecular complexity index is 750. The molecule has 0 aliphatic rings. The normalized spacial score (nSPS) is 12.3. The summed E-state index contributed by atoms with van der Waals surface area (Å²) in [5.74, 6) is 0. The molecule has 0 spiro atoms. The summed E-state index contributed by atoms with van der Waals surface area (Å²) in [7, 11) is -0.408. The topological polar surface area (TPSA) is 73.0 Å². The number of sulfonamides is 1. The van der Waals surface area contributed by atoms with Crippen molar-refractivity contribution < 1.29 is 8.42 Å². The van der Waals surface area contributed by atoms with Crippen molar-refractivity contribution in [3.05, 3.63) is 28.8 Å². The van der Waals surface area contributed by atoms with Gasteiger partial charge in [0.2, 0.25) is 10.0 Å². The highest BCUT2D eigenvalue weighted by Crippen LogP contribution is 2.22. The molecule has 0 atom stereocenters. The molecule has 0 fully saturated rings. The van der Waals surface area contributed by atoms with Gasteiger partial charge in [0.15, 0.2) is 0 Å². The molecule has 9 heteroatoms. The lowest BCUT2D eigenvalue weighted by Gasteiger charge is -2.17. The summed E-state index contributed by atoms with van der Waals surface area (Å²) in [6, 6.07) is 0. The van der Waals surface area contributed by atoms with E-state index in [-0.39, 0.29) is 11.4 Å². The van der Waals surface area contributed by atoms with Gasteiger partial charge in [-0.1, -0.05) is 11.6 Å². The van der Waals surface area contributed by atoms with Crippen molar-refractivity contribution in [1.29, 1.82) is 0 Å². The van der Waals surface area contributed by atoms with E-state index in [0.29, 0.717) is 23.0 Å². The van der Waals surface area contributed by atoms with Gasteiger partial charge in [-0.05, 0) is 13.8 Å². The molecule has 2 heterocycles. The van der Waals surface area contributed by atoms with Crippen LogP contribution in [0.15, 0.2) is 17.3 Å². The molecule has 7 nitrogen and oxygen atoms in total. The van der Waals surface area contributed by atoms with Gasteiger partial charge in [0.25, 0.3) is 0 Å². The molecule has 21 heavy (non-hydrogen) atoms. The Morgan fingerprint density at radius 1 is 1.43 bits per heavy atom. The second-order valence-corrected chi connectivity index (χ2v) is 7.19. The number of hydrogen-bond acceptors (Lipinski definition) is 4. The minimum absolute atomic E-state index is 0.156. The van der Waals surface area contributed by atoms with E-state index in [4.69, 9.17) is 11.6 Å². The maximum absolute atomic E-state index is 12.6. The SMILES string of the molecule is CCn1ncc(Cl)c1CN(C)S(=O)(=O)c1cn(C)nc1C. The summed E-state index contributed by atoms with van der Waals surface area (Å²) in [5.41, 5.74) is 1.14. The Hall–Kier alpha value is -1.38. The molecule has 0 aliphatic carbocycles. The van der Waals surface area contributed by atoms with Crippen LogP contribution >= 0.6 is 11.6 Å². The highest BCUT2D eigenvalue weighted by Gasteiger charge is 2.26. The Kier molecular flexibility index (Phi) is 4.40. The van der Waals surface area contributed by atoms with Crippen LogP contribution in [0.4, 0.5) is 0 Å². The number of nitrogens with zero attached hydrogens (tertiary/aromatic N) is 5. The first-order valence-electron chi connectivity index (χ1n) is 6.44. The van der Waals surface area contributed by atoms with Crippen LogP contribution < -0.4 is 0 Å². The second-order valence-electron chi connectivity index (χ2n) is 4.77. The highest BCUT2D eigenvalue weighted by atomic mass is 35.5. The van der Waals surface area contributed by atoms with Crippen molar-refractivity contribution in [1.82, 2.24) is 23.9 Å². The van der Waals surface area contributed by atoms with E-state index < -0.39 is 10.0 Å². The van der Waals surface area contributed by atoms with E-state index in [0.717, 1.165) is 0 Å². The van der Waals surface area contributed by atoms with Gasteiger partial charge in [-0.3, -0.25) is 9.36 Å². The fourth-order valence-electron chi connectivity index (χ4n) is 2.11. The van der Waals surface area contributed by atoms with E-state index in [1.165, 1.54) is 28.4 Å². The average molecular weight is 332 g/mol. The maximum Gasteiger partial charge on any atom is 0.246 e. The average Bonchev–Trinajstić information content (AvgIpc) is 2.93. The zero-order valence-electron chi connectivity index (χ0n) is 12.4. The van der Waals surface area contributed by atoms with Gasteiger partial charge < -0.3 is 0 Å². The summed E-state index contributed by atoms with van der Waals surface area (Å²) in [5, 5.41) is 8.65. The molecular weight excluding hydrogens is 314 g/mol. The van der Waals surface area contributed by atoms with Gasteiger partial charge in [0, 0.05) is 26.8 Å². The van der Waals surface area contributed by atoms with Crippen LogP contribution in [0.3, 0.4) is 0 Å². The van der Waals surface area contributed by atoms with Crippen LogP contribution in [-0.4, -0.2) is 39.3 Å². The molecule has 2 aromatic rings. The first-order valence-corrected chi connectivity index (χ1v) is 8.26. The van der Waals surface area contributed by atoms with E-state index in [1.807, 2.05) is 6.92 Å². The molecule has 0 saturated heterocycles. The van der Waals surface area contributed by atoms with E-state index in [9.17, 15) is 8.42 Å². The fraction of sp³-hybridized carbons (Fsp3) is 0.500. The van der Waals surface area contributed by atoms with Crippen LogP contribution in [0.25, 0.3) is 0 Å². The van der Waals surface area contributed by atoms with Gasteiger partial charge >= 0.3 is 0 Å². The smallest absolute Gasteiger partial charge is 0.246 e. The second kappa shape index (κ2) is 5.78. The molecule has 0 aromatic carbocycles. The van der Waals surface area contributed by atoms with E-state index in [1.54, 1.807) is 18.7 Å². The molecule has 0 unspecified atom stereocenters. The van der Waals surface area contributed by atoms with Crippen LogP contribution in [0, 0.1) is 6.92 Å². The van der Waals surface area contributed by atoms with Crippen LogP contribution in [-0.2, 0) is 30.2 Å². The first-order chi connectivity index (χ1) is 9.77. The molecule has 0 saturated carbocycles. The standard InChI is InChI=1S/C12H18ClN5O2S/c1-5-18-11(10(13)6-14-18)7-17(4)21(19,20)12-8-16(3)15-9(12)2/h6,8H,5,7H2,1-4H3. The minimum Gasteiger partial charge on any atom is -0.274 e. The van der Waals surface area contributed by atoms with Crippen molar-refractivity contribution in [2.24, 2.45) is 7.05 Å². The number of aryl methyl sites for hydroxylation is 3. The van der Waals surface area contributed by atoms with Crippen molar-refractivity contribution in [3.8, 4) is 0 Å². The highest BCUT2D eigenvalue weighted by molar-refractivity contribution is 7.89. The van der Waals surface area contributed by atoms with Crippen molar-refractivity contribution >= 4 is 21.6 Å². The number of rotatable bonds is 5. The largest absolute Gasteiger partial charge is 0.274 e. The number of aromatic nitrogens is 4. The van der Waals surface area contributed by atoms with Gasteiger partial charge in [0.05, 0.1) is 29.2 Å². The van der Waals surface area contributed by atoms with Crippen molar-refractivity contribution in [3.63, 3.8) is 0 Å². The maximum atomic E-state index is 12.6. The van der Waals surface area contributed by atoms with Crippen LogP contribution in [0.1, 0.15) is 18.3 Å². The summed E-state index contributed by atoms with van der Waals surface area (Å²) < 4.78 is 29.6. The van der Waals surface area contributed by atoms with E-state index >= 15 is 0 Å². The lowest BCUT2D eigenvalue weighted by atomic mass is 10.4. The van der Waals surface area contributed by atoms with Gasteiger partial charge in [-0.2, -0.15) is 14.5 Å². The Morgan fingerprint density at radius 2 is 2.10 bits per heavy atom. The third-order valence-corrected chi connectivity index (χ3v) is 5.45. The zero-order valence-corrected chi connectivity index (χ0v) is 14.0. The fourth-order valence-corrected chi connectivity index (χ4v) is 3.64. The van der Waals surface area contributed by atoms with Gasteiger partial charge in [-0.25, -0.2) is 8.42 Å². The van der Waals surface area contributed by atoms with Crippen LogP contribution in [0.5, 0.6) is 0 Å². The Labute approximate surface area is 129 Å². The van der Waals surface area contributed by atoms with Crippen molar-refractivity contribution in [2.75, 3.05) is 7.05 Å². The lowest BCUT2D eigenvalue weighted by molar-refractivity contribution is 0.447. The molecule has 2 aromatic heterocycles. The third kappa shape index (κ3) is 2.97. The third-order valence-electron chi connectivity index (χ3n) is 3.23. The van der Waals surface area contributed by atoms with Crippen molar-refractivity contribution in [2.45, 2.75) is 31.8 Å². The Balaban J connectivity index is 2.33. The lowest BCUT2D eigenvalue weighted by Crippen LogP contribution is -2.28. The van der Waals surface area contributed by atoms with Gasteiger partial charge in [-0.15, -0.1) is 0 Å². The predicted molar refractivity (Wildman–Crippen MR) is 79.5 cm³/mol. The molecule has 0 amide bonds. The number of hydrogen-bond donors (Lipinski definition) is 0. The molecule has 0 aliphatic heterocycles. The predicted octanol–water partition coefficient (Wildman–Crippen LogP) is 1.42. The summed E-state index contributed by atoms with van der Waals surface area (Å²) in [4.78, 5) is 0.200. The molecule has 0 bridgehead atoms. The van der Waals surface area contributed by atoms with Gasteiger partial charge in [0.1, 0.15) is 4.90 Å². The molecule has 116 valence electrons. The number of halogens is 1. The minimum atomic E-state index is -3.62. The molecule has 0 radical (unpaired) electrons. The monoisotopic (exact) mass is 331 g/mol. The quantitative estimate of drug-likeness (QED) is 0.830. The zero-order chi connectivity index (χ0) is 15.8. The molecular formula is C12H18ClN5O2S. The summed E-state index contributed by atoms with van der Waals surface area (Å²) in [6.45, 7) is 4.38. The molecule has 2 rings (SSSR count). The molecule has 0 N–H and O–H groups in total. The Morgan fingerprint density at radius 3 is 2.62 bits per heavy atom. The summed E-state index contributed by atoms with van der Waals surface area (Å²) >= 11 is 6.08. The summed E-state index contributed by atoms with van der Waals surface area (Å²) in [6.07, 6.45) is 3.02. The van der Waals surface area contributed by atoms with E-state index in [2.05, 4.69) is 10.2 Å². The van der Waals surface area contributed by atoms with Crippen LogP contribution in [0.2, 0.25) is 5.02 Å².